The van der Waals surface area contributed by atoms with Crippen molar-refractivity contribution in [3.05, 3.63) is 33.8 Å². The number of aromatic nitrogens is 1. The first-order valence-electron chi connectivity index (χ1n) is 5.30. The quantitative estimate of drug-likeness (QED) is 0.755. The molecule has 0 amide bonds. The van der Waals surface area contributed by atoms with Crippen molar-refractivity contribution >= 4 is 11.1 Å². The second-order valence-electron chi connectivity index (χ2n) is 3.73. The van der Waals surface area contributed by atoms with Crippen LogP contribution in [-0.2, 0) is 13.0 Å². The monoisotopic (exact) mass is 205 g/mol. The number of aryl methyl sites for hydroxylation is 3. The minimum atomic E-state index is -0.260. The van der Waals surface area contributed by atoms with Crippen LogP contribution in [0.15, 0.2) is 21.3 Å². The van der Waals surface area contributed by atoms with Gasteiger partial charge in [-0.25, -0.2) is 4.79 Å². The number of benzene rings is 1. The van der Waals surface area contributed by atoms with Crippen LogP contribution in [0.25, 0.3) is 11.1 Å². The molecule has 0 radical (unpaired) electrons. The Kier molecular flexibility index (Phi) is 2.39. The van der Waals surface area contributed by atoms with Gasteiger partial charge in [-0.05, 0) is 37.5 Å². The molecule has 0 aliphatic rings. The maximum atomic E-state index is 11.5. The van der Waals surface area contributed by atoms with Crippen LogP contribution < -0.4 is 5.76 Å². The Morgan fingerprint density at radius 3 is 2.67 bits per heavy atom. The molecular weight excluding hydrogens is 190 g/mol. The molecule has 2 aromatic rings. The van der Waals surface area contributed by atoms with Crippen molar-refractivity contribution < 1.29 is 4.42 Å². The third-order valence-corrected chi connectivity index (χ3v) is 2.74. The fourth-order valence-electron chi connectivity index (χ4n) is 1.91. The number of rotatable bonds is 2. The SMILES string of the molecule is CCc1cc(C)c2oc(=O)n(CC)c2c1. The highest BCUT2D eigenvalue weighted by molar-refractivity contribution is 5.77. The summed E-state index contributed by atoms with van der Waals surface area (Å²) in [7, 11) is 0. The summed E-state index contributed by atoms with van der Waals surface area (Å²) >= 11 is 0. The lowest BCUT2D eigenvalue weighted by molar-refractivity contribution is 0.512. The summed E-state index contributed by atoms with van der Waals surface area (Å²) in [5, 5.41) is 0. The van der Waals surface area contributed by atoms with Gasteiger partial charge in [-0.1, -0.05) is 13.0 Å². The largest absolute Gasteiger partial charge is 0.419 e. The van der Waals surface area contributed by atoms with Gasteiger partial charge < -0.3 is 4.42 Å². The first kappa shape index (κ1) is 10.0. The Hall–Kier alpha value is -1.51. The predicted octanol–water partition coefficient (Wildman–Crippen LogP) is 2.49. The maximum absolute atomic E-state index is 11.5. The Balaban J connectivity index is 2.86. The molecule has 0 atom stereocenters. The predicted molar refractivity (Wildman–Crippen MR) is 60.3 cm³/mol. The highest BCUT2D eigenvalue weighted by atomic mass is 16.4. The summed E-state index contributed by atoms with van der Waals surface area (Å²) in [5.74, 6) is -0.260. The van der Waals surface area contributed by atoms with Crippen molar-refractivity contribution in [2.45, 2.75) is 33.7 Å². The molecular formula is C12H15NO2. The summed E-state index contributed by atoms with van der Waals surface area (Å²) in [5.41, 5.74) is 3.91. The molecule has 0 saturated heterocycles. The van der Waals surface area contributed by atoms with E-state index in [1.807, 2.05) is 19.9 Å². The van der Waals surface area contributed by atoms with Gasteiger partial charge in [-0.15, -0.1) is 0 Å². The van der Waals surface area contributed by atoms with Crippen molar-refractivity contribution in [3.63, 3.8) is 0 Å². The lowest BCUT2D eigenvalue weighted by atomic mass is 10.1. The van der Waals surface area contributed by atoms with E-state index in [0.717, 1.165) is 23.1 Å². The molecule has 0 unspecified atom stereocenters. The molecule has 0 N–H and O–H groups in total. The molecule has 1 heterocycles. The van der Waals surface area contributed by atoms with Gasteiger partial charge in [0, 0.05) is 6.54 Å². The van der Waals surface area contributed by atoms with Crippen molar-refractivity contribution in [2.75, 3.05) is 0 Å². The first-order chi connectivity index (χ1) is 7.17. The Morgan fingerprint density at radius 2 is 2.07 bits per heavy atom. The van der Waals surface area contributed by atoms with E-state index >= 15 is 0 Å². The highest BCUT2D eigenvalue weighted by Gasteiger charge is 2.10. The number of hydrogen-bond donors (Lipinski definition) is 0. The van der Waals surface area contributed by atoms with Gasteiger partial charge in [-0.2, -0.15) is 0 Å². The van der Waals surface area contributed by atoms with E-state index < -0.39 is 0 Å². The van der Waals surface area contributed by atoms with Crippen molar-refractivity contribution in [1.29, 1.82) is 0 Å². The topological polar surface area (TPSA) is 35.1 Å². The van der Waals surface area contributed by atoms with E-state index in [1.54, 1.807) is 4.57 Å². The highest BCUT2D eigenvalue weighted by Crippen LogP contribution is 2.20. The lowest BCUT2D eigenvalue weighted by Crippen LogP contribution is -2.12. The van der Waals surface area contributed by atoms with Crippen LogP contribution in [0.1, 0.15) is 25.0 Å². The molecule has 0 aliphatic heterocycles. The molecule has 15 heavy (non-hydrogen) atoms. The van der Waals surface area contributed by atoms with Gasteiger partial charge in [0.1, 0.15) is 0 Å². The maximum Gasteiger partial charge on any atom is 0.419 e. The molecule has 0 aliphatic carbocycles. The Morgan fingerprint density at radius 1 is 1.33 bits per heavy atom. The standard InChI is InChI=1S/C12H15NO2/c1-4-9-6-8(3)11-10(7-9)13(5-2)12(14)15-11/h6-7H,4-5H2,1-3H3. The smallest absolute Gasteiger partial charge is 0.407 e. The van der Waals surface area contributed by atoms with Crippen LogP contribution in [0.3, 0.4) is 0 Å². The number of fused-ring (bicyclic) bond motifs is 1. The molecule has 80 valence electrons. The fourth-order valence-corrected chi connectivity index (χ4v) is 1.91. The normalized spacial score (nSPS) is 11.1. The van der Waals surface area contributed by atoms with Crippen molar-refractivity contribution in [2.24, 2.45) is 0 Å². The Bertz CT molecular complexity index is 548. The molecule has 0 saturated carbocycles. The molecule has 0 fully saturated rings. The summed E-state index contributed by atoms with van der Waals surface area (Å²) in [6.07, 6.45) is 0.972. The average molecular weight is 205 g/mol. The van der Waals surface area contributed by atoms with Gasteiger partial charge in [0.15, 0.2) is 5.58 Å². The molecule has 1 aromatic heterocycles. The fraction of sp³-hybridized carbons (Fsp3) is 0.417. The molecule has 0 spiro atoms. The lowest BCUT2D eigenvalue weighted by Gasteiger charge is -2.01. The number of oxazole rings is 1. The molecule has 1 aromatic carbocycles. The van der Waals surface area contributed by atoms with Crippen LogP contribution in [0.5, 0.6) is 0 Å². The van der Waals surface area contributed by atoms with E-state index in [2.05, 4.69) is 13.0 Å². The van der Waals surface area contributed by atoms with E-state index in [4.69, 9.17) is 4.42 Å². The van der Waals surface area contributed by atoms with E-state index in [0.29, 0.717) is 6.54 Å². The molecule has 3 nitrogen and oxygen atoms in total. The number of nitrogens with zero attached hydrogens (tertiary/aromatic N) is 1. The molecule has 3 heteroatoms. The van der Waals surface area contributed by atoms with Gasteiger partial charge in [0.05, 0.1) is 5.52 Å². The summed E-state index contributed by atoms with van der Waals surface area (Å²) in [6, 6.07) is 4.11. The van der Waals surface area contributed by atoms with Crippen LogP contribution >= 0.6 is 0 Å². The second kappa shape index (κ2) is 3.57. The average Bonchev–Trinajstić information content (AvgIpc) is 2.54. The van der Waals surface area contributed by atoms with Gasteiger partial charge >= 0.3 is 5.76 Å². The zero-order valence-electron chi connectivity index (χ0n) is 9.33. The van der Waals surface area contributed by atoms with Crippen molar-refractivity contribution in [1.82, 2.24) is 4.57 Å². The van der Waals surface area contributed by atoms with Crippen LogP contribution in [-0.4, -0.2) is 4.57 Å². The third kappa shape index (κ3) is 1.48. The van der Waals surface area contributed by atoms with Crippen LogP contribution in [0, 0.1) is 6.92 Å². The summed E-state index contributed by atoms with van der Waals surface area (Å²) in [4.78, 5) is 11.5. The number of hydrogen-bond acceptors (Lipinski definition) is 2. The van der Waals surface area contributed by atoms with Gasteiger partial charge in [0.25, 0.3) is 0 Å². The van der Waals surface area contributed by atoms with E-state index in [-0.39, 0.29) is 5.76 Å². The molecule has 0 bridgehead atoms. The van der Waals surface area contributed by atoms with E-state index in [9.17, 15) is 4.79 Å². The Labute approximate surface area is 88.3 Å². The summed E-state index contributed by atoms with van der Waals surface area (Å²) in [6.45, 7) is 6.68. The second-order valence-corrected chi connectivity index (χ2v) is 3.73. The van der Waals surface area contributed by atoms with Crippen LogP contribution in [0.2, 0.25) is 0 Å². The zero-order valence-corrected chi connectivity index (χ0v) is 9.33. The minimum Gasteiger partial charge on any atom is -0.407 e. The third-order valence-electron chi connectivity index (χ3n) is 2.74. The van der Waals surface area contributed by atoms with Gasteiger partial charge in [0.2, 0.25) is 0 Å². The van der Waals surface area contributed by atoms with Gasteiger partial charge in [-0.3, -0.25) is 4.57 Å². The molecule has 2 rings (SSSR count). The van der Waals surface area contributed by atoms with Crippen LogP contribution in [0.4, 0.5) is 0 Å². The van der Waals surface area contributed by atoms with E-state index in [1.165, 1.54) is 5.56 Å². The van der Waals surface area contributed by atoms with Crippen molar-refractivity contribution in [3.8, 4) is 0 Å². The summed E-state index contributed by atoms with van der Waals surface area (Å²) < 4.78 is 6.90. The first-order valence-corrected chi connectivity index (χ1v) is 5.30. The zero-order chi connectivity index (χ0) is 11.0. The minimum absolute atomic E-state index is 0.260.